The number of hydrogen-bond donors (Lipinski definition) is 2. The van der Waals surface area contributed by atoms with Crippen LogP contribution < -0.4 is 11.5 Å². The minimum atomic E-state index is -0.559. The summed E-state index contributed by atoms with van der Waals surface area (Å²) in [6.07, 6.45) is 0. The summed E-state index contributed by atoms with van der Waals surface area (Å²) in [6, 6.07) is -0.263. The van der Waals surface area contributed by atoms with E-state index in [1.165, 1.54) is 0 Å². The van der Waals surface area contributed by atoms with Crippen LogP contribution in [0.2, 0.25) is 0 Å². The van der Waals surface area contributed by atoms with Crippen LogP contribution in [0.5, 0.6) is 0 Å². The van der Waals surface area contributed by atoms with Gasteiger partial charge in [0.05, 0.1) is 6.04 Å². The van der Waals surface area contributed by atoms with E-state index in [1.807, 2.05) is 13.8 Å². The summed E-state index contributed by atoms with van der Waals surface area (Å²) in [5.74, 6) is 0.0804. The molecule has 0 radical (unpaired) electrons. The molecule has 3 N–H and O–H groups in total. The molecule has 5 nitrogen and oxygen atoms in total. The zero-order valence-corrected chi connectivity index (χ0v) is 8.62. The molecule has 0 amide bonds. The van der Waals surface area contributed by atoms with Crippen LogP contribution in [-0.4, -0.2) is 10.1 Å². The number of nitrogens with two attached hydrogens (primary N) is 1. The Bertz CT molecular complexity index is 280. The summed E-state index contributed by atoms with van der Waals surface area (Å²) < 4.78 is 4.29. The van der Waals surface area contributed by atoms with Crippen LogP contribution in [0.4, 0.5) is 0 Å². The van der Waals surface area contributed by atoms with Gasteiger partial charge in [-0.3, -0.25) is 9.51 Å². The first-order valence-electron chi connectivity index (χ1n) is 3.42. The molecular formula is C6H12BrN3O2. The molecule has 0 bridgehead atoms. The van der Waals surface area contributed by atoms with E-state index in [9.17, 15) is 4.79 Å². The Morgan fingerprint density at radius 3 is 2.50 bits per heavy atom. The fourth-order valence-corrected chi connectivity index (χ4v) is 0.701. The number of rotatable bonds is 2. The van der Waals surface area contributed by atoms with Crippen molar-refractivity contribution < 1.29 is 4.52 Å². The van der Waals surface area contributed by atoms with Gasteiger partial charge in [-0.15, -0.1) is 17.0 Å². The van der Waals surface area contributed by atoms with Crippen LogP contribution in [0.3, 0.4) is 0 Å². The van der Waals surface area contributed by atoms with Crippen molar-refractivity contribution in [3.8, 4) is 0 Å². The standard InChI is InChI=1S/C6H11N3O2.BrH/c1-3(2)4(7)5-8-6(10)11-9-5;/h3-4H,7H2,1-2H3,(H,8,9,10);1H. The highest BCUT2D eigenvalue weighted by atomic mass is 79.9. The van der Waals surface area contributed by atoms with Crippen LogP contribution in [0.25, 0.3) is 0 Å². The lowest BCUT2D eigenvalue weighted by Crippen LogP contribution is -2.18. The van der Waals surface area contributed by atoms with E-state index in [4.69, 9.17) is 5.73 Å². The Balaban J connectivity index is 0.00000121. The lowest BCUT2D eigenvalue weighted by Gasteiger charge is -2.09. The van der Waals surface area contributed by atoms with Crippen LogP contribution in [0.1, 0.15) is 25.7 Å². The second-order valence-corrected chi connectivity index (χ2v) is 2.75. The predicted molar refractivity (Wildman–Crippen MR) is 49.2 cm³/mol. The average Bonchev–Trinajstić information content (AvgIpc) is 2.34. The fourth-order valence-electron chi connectivity index (χ4n) is 0.701. The van der Waals surface area contributed by atoms with Gasteiger partial charge >= 0.3 is 5.76 Å². The van der Waals surface area contributed by atoms with Gasteiger partial charge in [0.15, 0.2) is 5.82 Å². The third-order valence-corrected chi connectivity index (χ3v) is 1.49. The lowest BCUT2D eigenvalue weighted by atomic mass is 10.1. The number of H-pyrrole nitrogens is 1. The fraction of sp³-hybridized carbons (Fsp3) is 0.667. The molecule has 0 spiro atoms. The zero-order chi connectivity index (χ0) is 8.43. The number of aromatic amines is 1. The molecule has 0 saturated heterocycles. The van der Waals surface area contributed by atoms with Crippen molar-refractivity contribution in [1.29, 1.82) is 0 Å². The molecule has 0 aliphatic rings. The Morgan fingerprint density at radius 2 is 2.17 bits per heavy atom. The van der Waals surface area contributed by atoms with E-state index in [-0.39, 0.29) is 28.9 Å². The smallest absolute Gasteiger partial charge is 0.321 e. The summed E-state index contributed by atoms with van der Waals surface area (Å²) in [4.78, 5) is 12.9. The van der Waals surface area contributed by atoms with E-state index < -0.39 is 5.76 Å². The maximum atomic E-state index is 10.5. The molecule has 1 aromatic rings. The van der Waals surface area contributed by atoms with Gasteiger partial charge in [0.1, 0.15) is 0 Å². The SMILES string of the molecule is Br.CC(C)C(N)c1noc(=O)[nH]1. The number of nitrogens with zero attached hydrogens (tertiary/aromatic N) is 1. The zero-order valence-electron chi connectivity index (χ0n) is 6.90. The van der Waals surface area contributed by atoms with Crippen molar-refractivity contribution in [3.05, 3.63) is 16.4 Å². The van der Waals surface area contributed by atoms with E-state index in [1.54, 1.807) is 0 Å². The second kappa shape index (κ2) is 4.42. The molecule has 6 heteroatoms. The van der Waals surface area contributed by atoms with Crippen molar-refractivity contribution in [2.75, 3.05) is 0 Å². The first-order valence-corrected chi connectivity index (χ1v) is 3.42. The number of hydrogen-bond acceptors (Lipinski definition) is 4. The lowest BCUT2D eigenvalue weighted by molar-refractivity contribution is 0.369. The summed E-state index contributed by atoms with van der Waals surface area (Å²) in [5, 5.41) is 3.47. The Morgan fingerprint density at radius 1 is 1.58 bits per heavy atom. The minimum Gasteiger partial charge on any atom is -0.321 e. The first kappa shape index (κ1) is 11.4. The molecule has 70 valence electrons. The number of halogens is 1. The predicted octanol–water partition coefficient (Wildman–Crippen LogP) is 0.597. The van der Waals surface area contributed by atoms with Gasteiger partial charge in [0, 0.05) is 0 Å². The molecule has 1 heterocycles. The van der Waals surface area contributed by atoms with E-state index >= 15 is 0 Å². The highest BCUT2D eigenvalue weighted by Crippen LogP contribution is 2.12. The molecule has 1 aromatic heterocycles. The van der Waals surface area contributed by atoms with Gasteiger partial charge in [0.25, 0.3) is 0 Å². The van der Waals surface area contributed by atoms with E-state index in [0.717, 1.165) is 0 Å². The Hall–Kier alpha value is -0.620. The normalized spacial score (nSPS) is 12.7. The molecular weight excluding hydrogens is 226 g/mol. The first-order chi connectivity index (χ1) is 5.11. The van der Waals surface area contributed by atoms with Gasteiger partial charge in [-0.2, -0.15) is 0 Å². The maximum absolute atomic E-state index is 10.5. The highest BCUT2D eigenvalue weighted by Gasteiger charge is 2.14. The monoisotopic (exact) mass is 237 g/mol. The van der Waals surface area contributed by atoms with Gasteiger partial charge in [-0.25, -0.2) is 4.79 Å². The van der Waals surface area contributed by atoms with Crippen LogP contribution in [0.15, 0.2) is 9.32 Å². The van der Waals surface area contributed by atoms with Crippen molar-refractivity contribution in [2.45, 2.75) is 19.9 Å². The molecule has 1 unspecified atom stereocenters. The largest absolute Gasteiger partial charge is 0.438 e. The highest BCUT2D eigenvalue weighted by molar-refractivity contribution is 8.93. The van der Waals surface area contributed by atoms with Crippen molar-refractivity contribution in [2.24, 2.45) is 11.7 Å². The third-order valence-electron chi connectivity index (χ3n) is 1.49. The van der Waals surface area contributed by atoms with Gasteiger partial charge < -0.3 is 5.73 Å². The van der Waals surface area contributed by atoms with E-state index in [2.05, 4.69) is 14.7 Å². The summed E-state index contributed by atoms with van der Waals surface area (Å²) >= 11 is 0. The van der Waals surface area contributed by atoms with Crippen molar-refractivity contribution >= 4 is 17.0 Å². The molecule has 0 aliphatic heterocycles. The van der Waals surface area contributed by atoms with Crippen LogP contribution in [-0.2, 0) is 0 Å². The molecule has 0 aromatic carbocycles. The summed E-state index contributed by atoms with van der Waals surface area (Å²) in [7, 11) is 0. The topological polar surface area (TPSA) is 84.9 Å². The molecule has 12 heavy (non-hydrogen) atoms. The maximum Gasteiger partial charge on any atom is 0.438 e. The average molecular weight is 238 g/mol. The second-order valence-electron chi connectivity index (χ2n) is 2.75. The van der Waals surface area contributed by atoms with Crippen LogP contribution >= 0.6 is 17.0 Å². The van der Waals surface area contributed by atoms with Gasteiger partial charge in [0.2, 0.25) is 0 Å². The third kappa shape index (κ3) is 2.46. The van der Waals surface area contributed by atoms with Crippen molar-refractivity contribution in [3.63, 3.8) is 0 Å². The molecule has 0 fully saturated rings. The number of nitrogens with one attached hydrogen (secondary N) is 1. The minimum absolute atomic E-state index is 0. The van der Waals surface area contributed by atoms with E-state index in [0.29, 0.717) is 5.82 Å². The quantitative estimate of drug-likeness (QED) is 0.789. The molecule has 0 aliphatic carbocycles. The van der Waals surface area contributed by atoms with Gasteiger partial charge in [-0.05, 0) is 5.92 Å². The molecule has 1 atom stereocenters. The van der Waals surface area contributed by atoms with Crippen LogP contribution in [0, 0.1) is 5.92 Å². The summed E-state index contributed by atoms with van der Waals surface area (Å²) in [5.41, 5.74) is 5.66. The Kier molecular flexibility index (Phi) is 4.19. The van der Waals surface area contributed by atoms with Gasteiger partial charge in [-0.1, -0.05) is 19.0 Å². The molecule has 0 saturated carbocycles. The number of aromatic nitrogens is 2. The summed E-state index contributed by atoms with van der Waals surface area (Å²) in [6.45, 7) is 3.88. The molecule has 1 rings (SSSR count). The Labute approximate surface area is 80.1 Å². The van der Waals surface area contributed by atoms with Crippen molar-refractivity contribution in [1.82, 2.24) is 10.1 Å².